The van der Waals surface area contributed by atoms with Crippen LogP contribution < -0.4 is 4.72 Å². The Kier molecular flexibility index (Phi) is 1.15. The zero-order valence-electron chi connectivity index (χ0n) is 5.76. The predicted octanol–water partition coefficient (Wildman–Crippen LogP) is 0.232. The van der Waals surface area contributed by atoms with Crippen LogP contribution in [0.25, 0.3) is 0 Å². The highest BCUT2D eigenvalue weighted by molar-refractivity contribution is 7.89. The molecule has 1 heterocycles. The largest absolute Gasteiger partial charge is 0.212 e. The molecule has 1 saturated heterocycles. The number of hydrogen-bond donors (Lipinski definition) is 1. The monoisotopic (exact) mass is 161 g/mol. The molecule has 2 aliphatic rings. The van der Waals surface area contributed by atoms with Crippen LogP contribution in [0.15, 0.2) is 0 Å². The molecule has 58 valence electrons. The van der Waals surface area contributed by atoms with Gasteiger partial charge in [-0.2, -0.15) is 0 Å². The Morgan fingerprint density at radius 1 is 1.20 bits per heavy atom. The van der Waals surface area contributed by atoms with Crippen molar-refractivity contribution in [1.82, 2.24) is 4.72 Å². The highest BCUT2D eigenvalue weighted by Gasteiger charge is 2.45. The summed E-state index contributed by atoms with van der Waals surface area (Å²) >= 11 is 0. The van der Waals surface area contributed by atoms with Gasteiger partial charge in [0, 0.05) is 5.54 Å². The molecule has 1 saturated carbocycles. The minimum atomic E-state index is -2.86. The van der Waals surface area contributed by atoms with Crippen molar-refractivity contribution in [2.24, 2.45) is 0 Å². The van der Waals surface area contributed by atoms with Gasteiger partial charge in [-0.15, -0.1) is 0 Å². The van der Waals surface area contributed by atoms with E-state index in [-0.39, 0.29) is 5.54 Å². The molecule has 1 spiro atoms. The summed E-state index contributed by atoms with van der Waals surface area (Å²) in [7, 11) is -2.86. The van der Waals surface area contributed by atoms with Gasteiger partial charge in [0.2, 0.25) is 10.0 Å². The van der Waals surface area contributed by atoms with Gasteiger partial charge in [-0.25, -0.2) is 13.1 Å². The first-order valence-electron chi connectivity index (χ1n) is 3.64. The van der Waals surface area contributed by atoms with Crippen LogP contribution in [-0.4, -0.2) is 19.7 Å². The summed E-state index contributed by atoms with van der Waals surface area (Å²) in [5.41, 5.74) is 0.0127. The zero-order chi connectivity index (χ0) is 7.24. The molecule has 0 atom stereocenters. The van der Waals surface area contributed by atoms with Crippen LogP contribution in [0.2, 0.25) is 0 Å². The van der Waals surface area contributed by atoms with Gasteiger partial charge < -0.3 is 0 Å². The second-order valence-electron chi connectivity index (χ2n) is 3.30. The lowest BCUT2D eigenvalue weighted by Gasteiger charge is -2.36. The third-order valence-electron chi connectivity index (χ3n) is 2.53. The Labute approximate surface area is 60.9 Å². The Bertz CT molecular complexity index is 240. The molecule has 1 N–H and O–H groups in total. The Balaban J connectivity index is 2.19. The van der Waals surface area contributed by atoms with Crippen molar-refractivity contribution in [2.75, 3.05) is 5.75 Å². The molecule has 4 heteroatoms. The van der Waals surface area contributed by atoms with E-state index in [4.69, 9.17) is 0 Å². The van der Waals surface area contributed by atoms with Crippen molar-refractivity contribution >= 4 is 10.0 Å². The molecule has 0 aromatic rings. The fourth-order valence-corrected chi connectivity index (χ4v) is 3.44. The third-order valence-corrected chi connectivity index (χ3v) is 4.02. The molecule has 10 heavy (non-hydrogen) atoms. The fourth-order valence-electron chi connectivity index (χ4n) is 1.72. The van der Waals surface area contributed by atoms with Crippen molar-refractivity contribution < 1.29 is 8.42 Å². The number of hydrogen-bond acceptors (Lipinski definition) is 2. The molecule has 0 aromatic carbocycles. The first-order valence-corrected chi connectivity index (χ1v) is 5.29. The number of rotatable bonds is 0. The second kappa shape index (κ2) is 1.74. The van der Waals surface area contributed by atoms with Crippen molar-refractivity contribution in [1.29, 1.82) is 0 Å². The summed E-state index contributed by atoms with van der Waals surface area (Å²) in [6, 6.07) is 0. The zero-order valence-corrected chi connectivity index (χ0v) is 6.58. The standard InChI is InChI=1S/C6H11NO2S/c8-10(9)5-4-6(7-10)2-1-3-6/h7H,1-5H2. The van der Waals surface area contributed by atoms with E-state index < -0.39 is 10.0 Å². The van der Waals surface area contributed by atoms with Crippen molar-refractivity contribution in [3.63, 3.8) is 0 Å². The maximum Gasteiger partial charge on any atom is 0.212 e. The number of nitrogens with one attached hydrogen (secondary N) is 1. The van der Waals surface area contributed by atoms with Crippen LogP contribution in [0.1, 0.15) is 25.7 Å². The van der Waals surface area contributed by atoms with Gasteiger partial charge in [-0.3, -0.25) is 0 Å². The van der Waals surface area contributed by atoms with Crippen LogP contribution in [0.5, 0.6) is 0 Å². The molecule has 0 aromatic heterocycles. The maximum atomic E-state index is 10.9. The molecule has 0 bridgehead atoms. The maximum absolute atomic E-state index is 10.9. The fraction of sp³-hybridized carbons (Fsp3) is 1.00. The molecule has 1 aliphatic heterocycles. The van der Waals surface area contributed by atoms with E-state index >= 15 is 0 Å². The SMILES string of the molecule is O=S1(=O)CCC2(CCC2)N1. The summed E-state index contributed by atoms with van der Waals surface area (Å²) in [4.78, 5) is 0. The van der Waals surface area contributed by atoms with Gasteiger partial charge in [-0.1, -0.05) is 0 Å². The minimum Gasteiger partial charge on any atom is -0.212 e. The normalized spacial score (nSPS) is 34.0. The van der Waals surface area contributed by atoms with Crippen LogP contribution in [0.3, 0.4) is 0 Å². The highest BCUT2D eigenvalue weighted by Crippen LogP contribution is 2.39. The topological polar surface area (TPSA) is 46.2 Å². The van der Waals surface area contributed by atoms with E-state index in [1.165, 1.54) is 6.42 Å². The average molecular weight is 161 g/mol. The van der Waals surface area contributed by atoms with E-state index in [0.717, 1.165) is 19.3 Å². The molecule has 0 unspecified atom stereocenters. The lowest BCUT2D eigenvalue weighted by molar-refractivity contribution is 0.230. The second-order valence-corrected chi connectivity index (χ2v) is 5.15. The van der Waals surface area contributed by atoms with Crippen molar-refractivity contribution in [3.05, 3.63) is 0 Å². The molecule has 3 nitrogen and oxygen atoms in total. The van der Waals surface area contributed by atoms with E-state index in [9.17, 15) is 8.42 Å². The van der Waals surface area contributed by atoms with Crippen LogP contribution in [-0.2, 0) is 10.0 Å². The summed E-state index contributed by atoms with van der Waals surface area (Å²) in [5.74, 6) is 0.340. The summed E-state index contributed by atoms with van der Waals surface area (Å²) < 4.78 is 24.6. The Morgan fingerprint density at radius 3 is 2.10 bits per heavy atom. The van der Waals surface area contributed by atoms with Crippen LogP contribution in [0, 0.1) is 0 Å². The molecular formula is C6H11NO2S. The molecule has 0 amide bonds. The predicted molar refractivity (Wildman–Crippen MR) is 38.1 cm³/mol. The average Bonchev–Trinajstić information content (AvgIpc) is 2.04. The first kappa shape index (κ1) is 6.61. The van der Waals surface area contributed by atoms with Gasteiger partial charge in [0.1, 0.15) is 0 Å². The first-order chi connectivity index (χ1) is 4.62. The lowest BCUT2D eigenvalue weighted by Crippen LogP contribution is -2.47. The number of sulfonamides is 1. The van der Waals surface area contributed by atoms with E-state index in [1.54, 1.807) is 0 Å². The quantitative estimate of drug-likeness (QED) is 0.553. The van der Waals surface area contributed by atoms with Crippen molar-refractivity contribution in [2.45, 2.75) is 31.2 Å². The van der Waals surface area contributed by atoms with E-state index in [1.807, 2.05) is 0 Å². The van der Waals surface area contributed by atoms with Gasteiger partial charge in [0.15, 0.2) is 0 Å². The van der Waals surface area contributed by atoms with Crippen LogP contribution >= 0.6 is 0 Å². The van der Waals surface area contributed by atoms with E-state index in [0.29, 0.717) is 5.75 Å². The highest BCUT2D eigenvalue weighted by atomic mass is 32.2. The van der Waals surface area contributed by atoms with Crippen molar-refractivity contribution in [3.8, 4) is 0 Å². The Morgan fingerprint density at radius 2 is 1.90 bits per heavy atom. The molecule has 1 aliphatic carbocycles. The van der Waals surface area contributed by atoms with E-state index in [2.05, 4.69) is 4.72 Å². The molecule has 2 fully saturated rings. The van der Waals surface area contributed by atoms with Gasteiger partial charge in [0.05, 0.1) is 5.75 Å². The molecular weight excluding hydrogens is 150 g/mol. The van der Waals surface area contributed by atoms with Gasteiger partial charge in [-0.05, 0) is 25.7 Å². The van der Waals surface area contributed by atoms with Gasteiger partial charge in [0.25, 0.3) is 0 Å². The summed E-state index contributed by atoms with van der Waals surface area (Å²) in [5, 5.41) is 0. The summed E-state index contributed by atoms with van der Waals surface area (Å²) in [6.07, 6.45) is 4.11. The smallest absolute Gasteiger partial charge is 0.212 e. The van der Waals surface area contributed by atoms with Crippen LogP contribution in [0.4, 0.5) is 0 Å². The lowest BCUT2D eigenvalue weighted by atomic mass is 9.76. The van der Waals surface area contributed by atoms with Gasteiger partial charge >= 0.3 is 0 Å². The summed E-state index contributed by atoms with van der Waals surface area (Å²) in [6.45, 7) is 0. The molecule has 2 rings (SSSR count). The minimum absolute atomic E-state index is 0.0127. The molecule has 0 radical (unpaired) electrons. The third kappa shape index (κ3) is 0.864. The Hall–Kier alpha value is -0.0900.